The molecule has 0 amide bonds. The molecule has 0 spiro atoms. The summed E-state index contributed by atoms with van der Waals surface area (Å²) in [6, 6.07) is -0.753. The Morgan fingerprint density at radius 1 is 1.54 bits per heavy atom. The van der Waals surface area contributed by atoms with Gasteiger partial charge in [-0.05, 0) is 19.1 Å². The maximum absolute atomic E-state index is 10.4. The average molecular weight is 224 g/mol. The SMILES string of the molecule is CSSC(CN)CCC(N)C(=O)O. The molecule has 0 saturated heterocycles. The van der Waals surface area contributed by atoms with Gasteiger partial charge in [0.25, 0.3) is 0 Å². The smallest absolute Gasteiger partial charge is 0.320 e. The van der Waals surface area contributed by atoms with Gasteiger partial charge in [0.1, 0.15) is 6.04 Å². The van der Waals surface area contributed by atoms with Crippen molar-refractivity contribution < 1.29 is 9.90 Å². The number of hydrogen-bond donors (Lipinski definition) is 3. The number of rotatable bonds is 7. The van der Waals surface area contributed by atoms with Crippen LogP contribution in [-0.4, -0.2) is 35.2 Å². The number of aliphatic carboxylic acids is 1. The topological polar surface area (TPSA) is 89.3 Å². The number of nitrogens with two attached hydrogens (primary N) is 2. The molecule has 2 atom stereocenters. The molecule has 0 bridgehead atoms. The van der Waals surface area contributed by atoms with Crippen LogP contribution in [-0.2, 0) is 4.79 Å². The molecule has 78 valence electrons. The van der Waals surface area contributed by atoms with Crippen LogP contribution in [0.4, 0.5) is 0 Å². The van der Waals surface area contributed by atoms with Crippen molar-refractivity contribution in [3.63, 3.8) is 0 Å². The fraction of sp³-hybridized carbons (Fsp3) is 0.857. The summed E-state index contributed by atoms with van der Waals surface area (Å²) in [6.07, 6.45) is 3.23. The third-order valence-corrected chi connectivity index (χ3v) is 3.90. The van der Waals surface area contributed by atoms with Crippen molar-refractivity contribution >= 4 is 27.6 Å². The van der Waals surface area contributed by atoms with Gasteiger partial charge < -0.3 is 16.6 Å². The van der Waals surface area contributed by atoms with Crippen molar-refractivity contribution in [1.82, 2.24) is 0 Å². The van der Waals surface area contributed by atoms with Gasteiger partial charge in [-0.2, -0.15) is 0 Å². The third kappa shape index (κ3) is 6.20. The van der Waals surface area contributed by atoms with Crippen LogP contribution in [0.3, 0.4) is 0 Å². The van der Waals surface area contributed by atoms with E-state index in [1.807, 2.05) is 6.26 Å². The van der Waals surface area contributed by atoms with Crippen molar-refractivity contribution in [2.45, 2.75) is 24.1 Å². The second-order valence-electron chi connectivity index (χ2n) is 2.64. The molecule has 2 unspecified atom stereocenters. The first kappa shape index (κ1) is 13.1. The quantitative estimate of drug-likeness (QED) is 0.546. The predicted molar refractivity (Wildman–Crippen MR) is 58.8 cm³/mol. The molecule has 0 radical (unpaired) electrons. The van der Waals surface area contributed by atoms with Gasteiger partial charge in [0.15, 0.2) is 0 Å². The highest BCUT2D eigenvalue weighted by atomic mass is 33.1. The standard InChI is InChI=1S/C7H16N2O2S2/c1-12-13-5(4-8)2-3-6(9)7(10)11/h5-6H,2-4,8-9H2,1H3,(H,10,11). The Bertz CT molecular complexity index is 157. The molecule has 0 aromatic heterocycles. The minimum Gasteiger partial charge on any atom is -0.480 e. The first-order valence-corrected chi connectivity index (χ1v) is 6.61. The Labute approximate surface area is 86.2 Å². The van der Waals surface area contributed by atoms with E-state index in [-0.39, 0.29) is 0 Å². The van der Waals surface area contributed by atoms with Crippen molar-refractivity contribution in [2.75, 3.05) is 12.8 Å². The Kier molecular flexibility index (Phi) is 7.54. The molecule has 0 aliphatic rings. The van der Waals surface area contributed by atoms with Gasteiger partial charge in [-0.25, -0.2) is 0 Å². The maximum Gasteiger partial charge on any atom is 0.320 e. The highest BCUT2D eigenvalue weighted by molar-refractivity contribution is 8.76. The minimum atomic E-state index is -0.940. The molecule has 0 rings (SSSR count). The molecule has 0 heterocycles. The monoisotopic (exact) mass is 224 g/mol. The van der Waals surface area contributed by atoms with Gasteiger partial charge in [0.2, 0.25) is 0 Å². The summed E-state index contributed by atoms with van der Waals surface area (Å²) in [5.41, 5.74) is 10.9. The molecule has 0 aromatic carbocycles. The van der Waals surface area contributed by atoms with Crippen LogP contribution in [0, 0.1) is 0 Å². The zero-order valence-electron chi connectivity index (χ0n) is 7.60. The maximum atomic E-state index is 10.4. The van der Waals surface area contributed by atoms with E-state index in [4.69, 9.17) is 16.6 Å². The summed E-state index contributed by atoms with van der Waals surface area (Å²) < 4.78 is 0. The molecule has 0 aliphatic heterocycles. The molecular weight excluding hydrogens is 208 g/mol. The van der Waals surface area contributed by atoms with Crippen LogP contribution in [0.2, 0.25) is 0 Å². The summed E-state index contributed by atoms with van der Waals surface area (Å²) in [5, 5.41) is 8.84. The highest BCUT2D eigenvalue weighted by Gasteiger charge is 2.14. The Morgan fingerprint density at radius 3 is 2.54 bits per heavy atom. The van der Waals surface area contributed by atoms with Crippen molar-refractivity contribution in [3.05, 3.63) is 0 Å². The van der Waals surface area contributed by atoms with E-state index in [9.17, 15) is 4.79 Å². The van der Waals surface area contributed by atoms with Crippen LogP contribution in [0.5, 0.6) is 0 Å². The summed E-state index contributed by atoms with van der Waals surface area (Å²) in [7, 11) is 3.32. The van der Waals surface area contributed by atoms with Gasteiger partial charge >= 0.3 is 5.97 Å². The lowest BCUT2D eigenvalue weighted by molar-refractivity contribution is -0.138. The molecule has 4 nitrogen and oxygen atoms in total. The highest BCUT2D eigenvalue weighted by Crippen LogP contribution is 2.26. The fourth-order valence-electron chi connectivity index (χ4n) is 0.830. The zero-order valence-corrected chi connectivity index (χ0v) is 9.24. The summed E-state index contributed by atoms with van der Waals surface area (Å²) in [5.74, 6) is -0.940. The lowest BCUT2D eigenvalue weighted by Crippen LogP contribution is -2.31. The van der Waals surface area contributed by atoms with Crippen molar-refractivity contribution in [3.8, 4) is 0 Å². The molecule has 0 aromatic rings. The van der Waals surface area contributed by atoms with Gasteiger partial charge in [0.05, 0.1) is 0 Å². The first-order valence-electron chi connectivity index (χ1n) is 3.99. The van der Waals surface area contributed by atoms with E-state index >= 15 is 0 Å². The van der Waals surface area contributed by atoms with Crippen LogP contribution in [0.1, 0.15) is 12.8 Å². The summed E-state index contributed by atoms with van der Waals surface area (Å²) in [4.78, 5) is 10.4. The molecule has 5 N–H and O–H groups in total. The average Bonchev–Trinajstić information content (AvgIpc) is 2.11. The molecule has 6 heteroatoms. The molecule has 0 saturated carbocycles. The van der Waals surface area contributed by atoms with Crippen molar-refractivity contribution in [1.29, 1.82) is 0 Å². The van der Waals surface area contributed by atoms with E-state index in [1.165, 1.54) is 0 Å². The molecule has 13 heavy (non-hydrogen) atoms. The summed E-state index contributed by atoms with van der Waals surface area (Å²) in [6.45, 7) is 0.567. The van der Waals surface area contributed by atoms with E-state index in [2.05, 4.69) is 0 Å². The number of carbonyl (C=O) groups is 1. The number of hydrogen-bond acceptors (Lipinski definition) is 5. The molecule has 0 aliphatic carbocycles. The fourth-order valence-corrected chi connectivity index (χ4v) is 2.75. The van der Waals surface area contributed by atoms with Gasteiger partial charge in [-0.15, -0.1) is 0 Å². The first-order chi connectivity index (χ1) is 6.11. The van der Waals surface area contributed by atoms with E-state index in [0.717, 1.165) is 6.42 Å². The van der Waals surface area contributed by atoms with Crippen LogP contribution in [0.25, 0.3) is 0 Å². The van der Waals surface area contributed by atoms with E-state index in [1.54, 1.807) is 21.6 Å². The van der Waals surface area contributed by atoms with E-state index in [0.29, 0.717) is 18.2 Å². The van der Waals surface area contributed by atoms with Gasteiger partial charge in [-0.1, -0.05) is 21.6 Å². The Balaban J connectivity index is 3.64. The normalized spacial score (nSPS) is 15.3. The predicted octanol–water partition coefficient (Wildman–Crippen LogP) is 0.517. The van der Waals surface area contributed by atoms with Gasteiger partial charge in [0, 0.05) is 11.8 Å². The number of carboxylic acids is 1. The van der Waals surface area contributed by atoms with Crippen LogP contribution < -0.4 is 11.5 Å². The van der Waals surface area contributed by atoms with Crippen LogP contribution >= 0.6 is 21.6 Å². The zero-order chi connectivity index (χ0) is 10.3. The molecule has 0 fully saturated rings. The van der Waals surface area contributed by atoms with Crippen molar-refractivity contribution in [2.24, 2.45) is 11.5 Å². The largest absolute Gasteiger partial charge is 0.480 e. The minimum absolute atomic E-state index is 0.306. The van der Waals surface area contributed by atoms with E-state index < -0.39 is 12.0 Å². The lowest BCUT2D eigenvalue weighted by Gasteiger charge is -2.13. The Hall–Kier alpha value is 0.0900. The third-order valence-electron chi connectivity index (χ3n) is 1.61. The number of carboxylic acid groups (broad SMARTS) is 1. The second kappa shape index (κ2) is 7.49. The Morgan fingerprint density at radius 2 is 2.15 bits per heavy atom. The van der Waals surface area contributed by atoms with Gasteiger partial charge in [-0.3, -0.25) is 4.79 Å². The van der Waals surface area contributed by atoms with Crippen LogP contribution in [0.15, 0.2) is 0 Å². The lowest BCUT2D eigenvalue weighted by atomic mass is 10.1. The summed E-state index contributed by atoms with van der Waals surface area (Å²) >= 11 is 0. The second-order valence-corrected chi connectivity index (χ2v) is 5.41. The molecular formula is C7H16N2O2S2.